The second-order valence-electron chi connectivity index (χ2n) is 9.35. The molecular formula is C21H31F6N9O10S2. The van der Waals surface area contributed by atoms with Crippen molar-refractivity contribution >= 4 is 37.7 Å². The number of H-pyrrole nitrogens is 1. The van der Waals surface area contributed by atoms with Crippen molar-refractivity contribution in [3.63, 3.8) is 0 Å². The first-order chi connectivity index (χ1) is 22.0. The van der Waals surface area contributed by atoms with E-state index in [1.165, 1.54) is 6.07 Å². The third kappa shape index (κ3) is 13.1. The SMILES string of the molecule is NCC(O)CNS(=O)(=O)c1ccc(N2CCC(NCCO)CC2)c(-c2nn[nH]n2)c1S(N)(=O)=O.O=C(O)C(F)(F)F.O=C(O)C(F)(F)F. The van der Waals surface area contributed by atoms with Gasteiger partial charge in [-0.15, -0.1) is 10.2 Å². The Kier molecular flexibility index (Phi) is 15.5. The molecule has 1 aromatic heterocycles. The van der Waals surface area contributed by atoms with E-state index in [-0.39, 0.29) is 30.6 Å². The number of nitrogens with zero attached hydrogens (tertiary/aromatic N) is 4. The lowest BCUT2D eigenvalue weighted by Crippen LogP contribution is -2.43. The highest BCUT2D eigenvalue weighted by molar-refractivity contribution is 7.92. The van der Waals surface area contributed by atoms with Gasteiger partial charge in [-0.05, 0) is 30.2 Å². The quantitative estimate of drug-likeness (QED) is 0.112. The second-order valence-corrected chi connectivity index (χ2v) is 12.6. The number of aliphatic hydroxyl groups excluding tert-OH is 2. The first-order valence-electron chi connectivity index (χ1n) is 13.0. The van der Waals surface area contributed by atoms with Crippen LogP contribution in [0.4, 0.5) is 32.0 Å². The van der Waals surface area contributed by atoms with Crippen LogP contribution in [0, 0.1) is 0 Å². The summed E-state index contributed by atoms with van der Waals surface area (Å²) in [5.74, 6) is -5.65. The van der Waals surface area contributed by atoms with Crippen LogP contribution in [-0.4, -0.2) is 134 Å². The summed E-state index contributed by atoms with van der Waals surface area (Å²) < 4.78 is 117. The number of aromatic amines is 1. The molecule has 0 spiro atoms. The number of tetrazole rings is 1. The van der Waals surface area contributed by atoms with Crippen molar-refractivity contribution in [1.82, 2.24) is 30.7 Å². The number of piperidine rings is 1. The van der Waals surface area contributed by atoms with Crippen molar-refractivity contribution < 1.29 is 73.2 Å². The molecular weight excluding hydrogens is 716 g/mol. The highest BCUT2D eigenvalue weighted by Gasteiger charge is 2.39. The van der Waals surface area contributed by atoms with Crippen molar-refractivity contribution in [1.29, 1.82) is 0 Å². The average Bonchev–Trinajstić information content (AvgIpc) is 3.52. The Morgan fingerprint density at radius 2 is 1.56 bits per heavy atom. The lowest BCUT2D eigenvalue weighted by Gasteiger charge is -2.35. The number of rotatable bonds is 11. The Bertz CT molecular complexity index is 1550. The number of benzene rings is 1. The van der Waals surface area contributed by atoms with Crippen LogP contribution in [0.25, 0.3) is 11.4 Å². The minimum Gasteiger partial charge on any atom is -0.475 e. The third-order valence-corrected chi connectivity index (χ3v) is 8.48. The van der Waals surface area contributed by atoms with E-state index in [0.29, 0.717) is 38.2 Å². The summed E-state index contributed by atoms with van der Waals surface area (Å²) in [5.41, 5.74) is 5.60. The Balaban J connectivity index is 0.000000687. The van der Waals surface area contributed by atoms with E-state index >= 15 is 0 Å². The van der Waals surface area contributed by atoms with Crippen molar-refractivity contribution in [2.24, 2.45) is 10.9 Å². The van der Waals surface area contributed by atoms with Gasteiger partial charge in [-0.1, -0.05) is 0 Å². The number of primary sulfonamides is 1. The fourth-order valence-electron chi connectivity index (χ4n) is 3.75. The largest absolute Gasteiger partial charge is 0.490 e. The molecule has 0 radical (unpaired) electrons. The maximum absolute atomic E-state index is 13.0. The van der Waals surface area contributed by atoms with E-state index in [0.717, 1.165) is 6.07 Å². The van der Waals surface area contributed by atoms with Gasteiger partial charge >= 0.3 is 24.3 Å². The monoisotopic (exact) mass is 747 g/mol. The van der Waals surface area contributed by atoms with Gasteiger partial charge in [0, 0.05) is 44.5 Å². The number of alkyl halides is 6. The number of carboxylic acids is 2. The van der Waals surface area contributed by atoms with Crippen LogP contribution < -0.4 is 25.8 Å². The number of sulfonamides is 2. The number of carbonyl (C=O) groups is 2. The summed E-state index contributed by atoms with van der Waals surface area (Å²) >= 11 is 0. The molecule has 19 nitrogen and oxygen atoms in total. The molecule has 1 unspecified atom stereocenters. The summed E-state index contributed by atoms with van der Waals surface area (Å²) in [4.78, 5) is 18.4. The molecule has 2 aromatic rings. The minimum atomic E-state index is -5.08. The predicted octanol–water partition coefficient (Wildman–Crippen LogP) is -2.07. The minimum absolute atomic E-state index is 0.0200. The molecule has 3 rings (SSSR count). The molecule has 0 saturated carbocycles. The molecule has 27 heteroatoms. The number of aliphatic carboxylic acids is 2. The number of aromatic nitrogens is 4. The van der Waals surface area contributed by atoms with Crippen LogP contribution in [0.1, 0.15) is 12.8 Å². The number of nitrogens with two attached hydrogens (primary N) is 2. The zero-order valence-corrected chi connectivity index (χ0v) is 25.9. The van der Waals surface area contributed by atoms with Crippen LogP contribution in [0.15, 0.2) is 21.9 Å². The number of halogens is 6. The van der Waals surface area contributed by atoms with E-state index < -0.39 is 66.8 Å². The van der Waals surface area contributed by atoms with Crippen LogP contribution in [-0.2, 0) is 29.6 Å². The van der Waals surface area contributed by atoms with E-state index in [1.54, 1.807) is 0 Å². The van der Waals surface area contributed by atoms with Gasteiger partial charge < -0.3 is 36.4 Å². The predicted molar refractivity (Wildman–Crippen MR) is 149 cm³/mol. The van der Waals surface area contributed by atoms with Gasteiger partial charge in [0.1, 0.15) is 9.79 Å². The fourth-order valence-corrected chi connectivity index (χ4v) is 6.42. The zero-order valence-electron chi connectivity index (χ0n) is 24.2. The maximum Gasteiger partial charge on any atom is 0.490 e. The molecule has 1 aromatic carbocycles. The van der Waals surface area contributed by atoms with Crippen molar-refractivity contribution in [3.05, 3.63) is 12.1 Å². The molecule has 2 heterocycles. The van der Waals surface area contributed by atoms with Crippen molar-refractivity contribution in [2.45, 2.75) is 47.1 Å². The van der Waals surface area contributed by atoms with Crippen molar-refractivity contribution in [2.75, 3.05) is 44.2 Å². The van der Waals surface area contributed by atoms with Gasteiger partial charge in [0.2, 0.25) is 25.9 Å². The normalized spacial score (nSPS) is 15.1. The summed E-state index contributed by atoms with van der Waals surface area (Å²) in [7, 11) is -9.02. The van der Waals surface area contributed by atoms with Gasteiger partial charge in [0.05, 0.1) is 18.3 Å². The van der Waals surface area contributed by atoms with Crippen LogP contribution >= 0.6 is 0 Å². The average molecular weight is 748 g/mol. The number of aliphatic hydroxyl groups is 2. The van der Waals surface area contributed by atoms with Gasteiger partial charge in [-0.25, -0.2) is 36.3 Å². The summed E-state index contributed by atoms with van der Waals surface area (Å²) in [5, 5.41) is 55.1. The highest BCUT2D eigenvalue weighted by atomic mass is 32.2. The molecule has 274 valence electrons. The molecule has 1 atom stereocenters. The van der Waals surface area contributed by atoms with E-state index in [1.807, 2.05) is 4.90 Å². The van der Waals surface area contributed by atoms with E-state index in [2.05, 4.69) is 30.7 Å². The van der Waals surface area contributed by atoms with Crippen LogP contribution in [0.5, 0.6) is 0 Å². The number of hydrogen-bond donors (Lipinski definition) is 9. The second kappa shape index (κ2) is 17.6. The summed E-state index contributed by atoms with van der Waals surface area (Å²) in [6, 6.07) is 2.79. The summed E-state index contributed by atoms with van der Waals surface area (Å²) in [6.07, 6.45) is -9.92. The van der Waals surface area contributed by atoms with Crippen LogP contribution in [0.3, 0.4) is 0 Å². The Morgan fingerprint density at radius 1 is 1.04 bits per heavy atom. The molecule has 0 amide bonds. The molecule has 1 aliphatic rings. The maximum atomic E-state index is 13.0. The third-order valence-electron chi connectivity index (χ3n) is 5.89. The first kappa shape index (κ1) is 42.3. The smallest absolute Gasteiger partial charge is 0.475 e. The lowest BCUT2D eigenvalue weighted by molar-refractivity contribution is -0.193. The number of anilines is 1. The number of nitrogens with one attached hydrogen (secondary N) is 3. The topological polar surface area (TPSA) is 317 Å². The van der Waals surface area contributed by atoms with Gasteiger partial charge in [0.25, 0.3) is 0 Å². The van der Waals surface area contributed by atoms with E-state index in [4.69, 9.17) is 35.8 Å². The first-order valence-corrected chi connectivity index (χ1v) is 16.0. The Hall–Kier alpha value is -3.73. The molecule has 0 bridgehead atoms. The van der Waals surface area contributed by atoms with Crippen LogP contribution in [0.2, 0.25) is 0 Å². The zero-order chi connectivity index (χ0) is 37.1. The van der Waals surface area contributed by atoms with E-state index in [9.17, 15) is 48.3 Å². The van der Waals surface area contributed by atoms with Gasteiger partial charge in [0.15, 0.2) is 0 Å². The number of carboxylic acid groups (broad SMARTS) is 2. The summed E-state index contributed by atoms with van der Waals surface area (Å²) in [6.45, 7) is 0.909. The Morgan fingerprint density at radius 3 is 1.96 bits per heavy atom. The standard InChI is InChI=1S/C17H29N9O6S2.2C2HF3O2/c18-9-12(28)10-21-34(31,32)14-2-1-13(26-6-3-11(4-7-26)20-5-8-27)15(16(14)33(19,29)30)17-22-24-25-23-17;2*3-2(4,5)1(6)7/h1-2,11-12,20-21,27-28H,3-10,18H2,(H2,19,29,30)(H,22,23,24,25);2*(H,6,7). The lowest BCUT2D eigenvalue weighted by atomic mass is 10.0. The molecule has 11 N–H and O–H groups in total. The van der Waals surface area contributed by atoms with Gasteiger partial charge in [-0.3, -0.25) is 0 Å². The van der Waals surface area contributed by atoms with Gasteiger partial charge in [-0.2, -0.15) is 31.6 Å². The molecule has 1 saturated heterocycles. The Labute approximate surface area is 267 Å². The fraction of sp³-hybridized carbons (Fsp3) is 0.571. The molecule has 1 aliphatic heterocycles. The molecule has 0 aliphatic carbocycles. The highest BCUT2D eigenvalue weighted by Crippen LogP contribution is 2.39. The molecule has 1 fully saturated rings. The molecule has 48 heavy (non-hydrogen) atoms. The number of hydrogen-bond acceptors (Lipinski definition) is 14. The van der Waals surface area contributed by atoms with Crippen molar-refractivity contribution in [3.8, 4) is 11.4 Å².